The third-order valence-electron chi connectivity index (χ3n) is 3.43. The van der Waals surface area contributed by atoms with Crippen LogP contribution in [0, 0.1) is 5.92 Å². The SMILES string of the molecule is CC(=O)CN1OC(C)(C2CCC2)CC1=O. The molecule has 1 heterocycles. The predicted molar refractivity (Wildman–Crippen MR) is 53.8 cm³/mol. The summed E-state index contributed by atoms with van der Waals surface area (Å²) < 4.78 is 0. The standard InChI is InChI=1S/C11H17NO3/c1-8(13)7-12-10(14)6-11(2,15-12)9-4-3-5-9/h9H,3-7H2,1-2H3. The molecular formula is C11H17NO3. The van der Waals surface area contributed by atoms with Crippen molar-refractivity contribution in [2.45, 2.75) is 45.1 Å². The maximum atomic E-state index is 11.6. The zero-order valence-electron chi connectivity index (χ0n) is 9.28. The largest absolute Gasteiger partial charge is 0.298 e. The van der Waals surface area contributed by atoms with Crippen LogP contribution < -0.4 is 0 Å². The molecule has 0 aromatic rings. The molecule has 0 spiro atoms. The normalized spacial score (nSPS) is 31.9. The zero-order valence-corrected chi connectivity index (χ0v) is 9.28. The number of ketones is 1. The molecule has 1 atom stereocenters. The summed E-state index contributed by atoms with van der Waals surface area (Å²) in [5.41, 5.74) is -0.356. The highest BCUT2D eigenvalue weighted by Gasteiger charge is 2.48. The van der Waals surface area contributed by atoms with Gasteiger partial charge in [0.15, 0.2) is 5.78 Å². The van der Waals surface area contributed by atoms with E-state index in [0.717, 1.165) is 12.8 Å². The molecule has 0 aromatic heterocycles. The van der Waals surface area contributed by atoms with E-state index in [-0.39, 0.29) is 23.8 Å². The van der Waals surface area contributed by atoms with Gasteiger partial charge in [-0.15, -0.1) is 0 Å². The number of nitrogens with zero attached hydrogens (tertiary/aromatic N) is 1. The highest BCUT2D eigenvalue weighted by Crippen LogP contribution is 2.43. The molecule has 0 bridgehead atoms. The Labute approximate surface area is 89.5 Å². The second-order valence-electron chi connectivity index (χ2n) is 4.84. The number of Topliss-reactive ketones (excluding diaryl/α,β-unsaturated/α-hetero) is 1. The summed E-state index contributed by atoms with van der Waals surface area (Å²) in [5.74, 6) is 0.388. The fourth-order valence-electron chi connectivity index (χ4n) is 2.28. The molecule has 15 heavy (non-hydrogen) atoms. The summed E-state index contributed by atoms with van der Waals surface area (Å²) in [7, 11) is 0. The van der Waals surface area contributed by atoms with E-state index in [1.54, 1.807) is 0 Å². The average molecular weight is 211 g/mol. The molecule has 84 valence electrons. The summed E-state index contributed by atoms with van der Waals surface area (Å²) in [4.78, 5) is 28.2. The molecule has 0 aromatic carbocycles. The summed E-state index contributed by atoms with van der Waals surface area (Å²) in [6.07, 6.45) is 3.92. The van der Waals surface area contributed by atoms with Crippen molar-refractivity contribution >= 4 is 11.7 Å². The lowest BCUT2D eigenvalue weighted by molar-refractivity contribution is -0.214. The molecule has 1 amide bonds. The Hall–Kier alpha value is -0.900. The lowest BCUT2D eigenvalue weighted by Gasteiger charge is -2.38. The van der Waals surface area contributed by atoms with Crippen LogP contribution in [-0.4, -0.2) is 28.9 Å². The van der Waals surface area contributed by atoms with Gasteiger partial charge in [0.1, 0.15) is 12.1 Å². The Balaban J connectivity index is 2.01. The fraction of sp³-hybridized carbons (Fsp3) is 0.818. The van der Waals surface area contributed by atoms with Crippen LogP contribution in [0.15, 0.2) is 0 Å². The Kier molecular flexibility index (Phi) is 2.54. The lowest BCUT2D eigenvalue weighted by atomic mass is 9.72. The molecule has 1 aliphatic heterocycles. The average Bonchev–Trinajstić information content (AvgIpc) is 2.21. The third-order valence-corrected chi connectivity index (χ3v) is 3.43. The topological polar surface area (TPSA) is 46.6 Å². The van der Waals surface area contributed by atoms with Crippen LogP contribution in [0.25, 0.3) is 0 Å². The molecule has 1 unspecified atom stereocenters. The zero-order chi connectivity index (χ0) is 11.1. The quantitative estimate of drug-likeness (QED) is 0.706. The van der Waals surface area contributed by atoms with Crippen LogP contribution in [0.5, 0.6) is 0 Å². The number of hydroxylamine groups is 2. The maximum Gasteiger partial charge on any atom is 0.249 e. The number of hydrogen-bond donors (Lipinski definition) is 0. The Bertz CT molecular complexity index is 298. The van der Waals surface area contributed by atoms with Crippen molar-refractivity contribution in [3.8, 4) is 0 Å². The summed E-state index contributed by atoms with van der Waals surface area (Å²) in [6, 6.07) is 0. The van der Waals surface area contributed by atoms with E-state index < -0.39 is 0 Å². The second-order valence-corrected chi connectivity index (χ2v) is 4.84. The molecule has 0 N–H and O–H groups in total. The van der Waals surface area contributed by atoms with Crippen LogP contribution >= 0.6 is 0 Å². The molecule has 1 aliphatic carbocycles. The van der Waals surface area contributed by atoms with Crippen LogP contribution in [0.3, 0.4) is 0 Å². The molecule has 4 nitrogen and oxygen atoms in total. The maximum absolute atomic E-state index is 11.6. The van der Waals surface area contributed by atoms with Gasteiger partial charge in [-0.05, 0) is 32.6 Å². The molecule has 2 fully saturated rings. The molecule has 1 saturated carbocycles. The van der Waals surface area contributed by atoms with Gasteiger partial charge in [-0.25, -0.2) is 5.06 Å². The van der Waals surface area contributed by atoms with Gasteiger partial charge in [0.2, 0.25) is 5.91 Å². The van der Waals surface area contributed by atoms with Crippen molar-refractivity contribution in [1.82, 2.24) is 5.06 Å². The fourth-order valence-corrected chi connectivity index (χ4v) is 2.28. The van der Waals surface area contributed by atoms with E-state index in [4.69, 9.17) is 4.84 Å². The van der Waals surface area contributed by atoms with E-state index in [2.05, 4.69) is 0 Å². The van der Waals surface area contributed by atoms with Gasteiger partial charge < -0.3 is 0 Å². The molecule has 2 aliphatic rings. The van der Waals surface area contributed by atoms with Crippen molar-refractivity contribution in [3.05, 3.63) is 0 Å². The number of rotatable bonds is 3. The van der Waals surface area contributed by atoms with Crippen LogP contribution in [-0.2, 0) is 14.4 Å². The minimum Gasteiger partial charge on any atom is -0.298 e. The van der Waals surface area contributed by atoms with Crippen LogP contribution in [0.2, 0.25) is 0 Å². The smallest absolute Gasteiger partial charge is 0.249 e. The van der Waals surface area contributed by atoms with E-state index >= 15 is 0 Å². The monoisotopic (exact) mass is 211 g/mol. The molecule has 1 saturated heterocycles. The first-order chi connectivity index (χ1) is 7.01. The van der Waals surface area contributed by atoms with E-state index in [9.17, 15) is 9.59 Å². The molecule has 0 radical (unpaired) electrons. The van der Waals surface area contributed by atoms with Crippen molar-refractivity contribution in [2.24, 2.45) is 5.92 Å². The van der Waals surface area contributed by atoms with Gasteiger partial charge in [-0.2, -0.15) is 0 Å². The minimum absolute atomic E-state index is 0.0405. The van der Waals surface area contributed by atoms with Gasteiger partial charge in [-0.3, -0.25) is 14.4 Å². The van der Waals surface area contributed by atoms with Gasteiger partial charge in [0, 0.05) is 0 Å². The van der Waals surface area contributed by atoms with Crippen molar-refractivity contribution in [2.75, 3.05) is 6.54 Å². The highest BCUT2D eigenvalue weighted by atomic mass is 16.7. The highest BCUT2D eigenvalue weighted by molar-refractivity contribution is 5.85. The predicted octanol–water partition coefficient (Wildman–Crippen LogP) is 1.30. The van der Waals surface area contributed by atoms with Gasteiger partial charge in [0.25, 0.3) is 0 Å². The van der Waals surface area contributed by atoms with Gasteiger partial charge in [-0.1, -0.05) is 6.42 Å². The van der Waals surface area contributed by atoms with Gasteiger partial charge in [0.05, 0.1) is 6.42 Å². The van der Waals surface area contributed by atoms with Gasteiger partial charge >= 0.3 is 0 Å². The van der Waals surface area contributed by atoms with Crippen molar-refractivity contribution in [1.29, 1.82) is 0 Å². The molecule has 4 heteroatoms. The Morgan fingerprint density at radius 3 is 2.73 bits per heavy atom. The molecular weight excluding hydrogens is 194 g/mol. The summed E-state index contributed by atoms with van der Waals surface area (Å²) >= 11 is 0. The van der Waals surface area contributed by atoms with E-state index in [0.29, 0.717) is 12.3 Å². The van der Waals surface area contributed by atoms with Crippen molar-refractivity contribution in [3.63, 3.8) is 0 Å². The van der Waals surface area contributed by atoms with Crippen molar-refractivity contribution < 1.29 is 14.4 Å². The number of hydrogen-bond acceptors (Lipinski definition) is 3. The van der Waals surface area contributed by atoms with E-state index in [1.807, 2.05) is 6.92 Å². The molecule has 2 rings (SSSR count). The Morgan fingerprint density at radius 2 is 2.27 bits per heavy atom. The lowest BCUT2D eigenvalue weighted by Crippen LogP contribution is -2.40. The first-order valence-electron chi connectivity index (χ1n) is 5.50. The summed E-state index contributed by atoms with van der Waals surface area (Å²) in [5, 5.41) is 1.24. The first-order valence-corrected chi connectivity index (χ1v) is 5.50. The van der Waals surface area contributed by atoms with Crippen LogP contribution in [0.4, 0.5) is 0 Å². The van der Waals surface area contributed by atoms with E-state index in [1.165, 1.54) is 18.4 Å². The van der Waals surface area contributed by atoms with Crippen LogP contribution in [0.1, 0.15) is 39.5 Å². The Morgan fingerprint density at radius 1 is 1.60 bits per heavy atom. The minimum atomic E-state index is -0.356. The third kappa shape index (κ3) is 1.91. The first kappa shape index (κ1) is 10.6. The second kappa shape index (κ2) is 3.59. The number of carbonyl (C=O) groups is 2. The number of amides is 1. The summed E-state index contributed by atoms with van der Waals surface area (Å²) in [6.45, 7) is 3.53. The number of carbonyl (C=O) groups excluding carboxylic acids is 2.